The molecule has 0 N–H and O–H groups in total. The van der Waals surface area contributed by atoms with Gasteiger partial charge in [-0.1, -0.05) is 0 Å². The molecular formula is C13H15NO2. The fourth-order valence-corrected chi connectivity index (χ4v) is 1.83. The van der Waals surface area contributed by atoms with Crippen molar-refractivity contribution in [3.63, 3.8) is 0 Å². The van der Waals surface area contributed by atoms with Crippen LogP contribution in [-0.2, 0) is 11.8 Å². The average molecular weight is 217 g/mol. The number of hydrogen-bond acceptors (Lipinski definition) is 2. The van der Waals surface area contributed by atoms with Crippen LogP contribution in [0.2, 0.25) is 0 Å². The second-order valence-electron chi connectivity index (χ2n) is 3.84. The van der Waals surface area contributed by atoms with Crippen LogP contribution in [0.15, 0.2) is 24.3 Å². The van der Waals surface area contributed by atoms with Crippen LogP contribution in [0.4, 0.5) is 0 Å². The minimum atomic E-state index is -0.258. The van der Waals surface area contributed by atoms with Crippen LogP contribution in [0, 0.1) is 6.92 Å². The van der Waals surface area contributed by atoms with Crippen molar-refractivity contribution < 1.29 is 9.53 Å². The van der Waals surface area contributed by atoms with Crippen molar-refractivity contribution in [2.24, 2.45) is 7.05 Å². The van der Waals surface area contributed by atoms with Crippen LogP contribution in [0.25, 0.3) is 10.9 Å². The second kappa shape index (κ2) is 4.00. The summed E-state index contributed by atoms with van der Waals surface area (Å²) in [5.41, 5.74) is 2.92. The number of ether oxygens (including phenoxy) is 1. The molecule has 16 heavy (non-hydrogen) atoms. The van der Waals surface area contributed by atoms with E-state index in [1.54, 1.807) is 6.07 Å². The number of esters is 1. The Morgan fingerprint density at radius 3 is 2.81 bits per heavy atom. The maximum Gasteiger partial charge on any atom is 0.338 e. The van der Waals surface area contributed by atoms with Gasteiger partial charge in [0.05, 0.1) is 12.2 Å². The topological polar surface area (TPSA) is 31.2 Å². The van der Waals surface area contributed by atoms with Gasteiger partial charge in [-0.05, 0) is 38.1 Å². The van der Waals surface area contributed by atoms with Gasteiger partial charge < -0.3 is 9.30 Å². The monoisotopic (exact) mass is 217 g/mol. The normalized spacial score (nSPS) is 10.7. The first-order valence-electron chi connectivity index (χ1n) is 5.36. The van der Waals surface area contributed by atoms with Crippen molar-refractivity contribution in [2.75, 3.05) is 6.61 Å². The molecule has 0 aliphatic carbocycles. The number of aryl methyl sites for hydroxylation is 2. The second-order valence-corrected chi connectivity index (χ2v) is 3.84. The van der Waals surface area contributed by atoms with Gasteiger partial charge in [0, 0.05) is 23.6 Å². The smallest absolute Gasteiger partial charge is 0.338 e. The lowest BCUT2D eigenvalue weighted by Crippen LogP contribution is -2.04. The third kappa shape index (κ3) is 1.69. The predicted molar refractivity (Wildman–Crippen MR) is 63.6 cm³/mol. The Kier molecular flexibility index (Phi) is 2.69. The summed E-state index contributed by atoms with van der Waals surface area (Å²) in [6.07, 6.45) is 0. The number of hydrogen-bond donors (Lipinski definition) is 0. The van der Waals surface area contributed by atoms with E-state index in [0.29, 0.717) is 12.2 Å². The molecule has 1 aromatic heterocycles. The first-order valence-corrected chi connectivity index (χ1v) is 5.36. The van der Waals surface area contributed by atoms with E-state index in [1.165, 1.54) is 5.69 Å². The Hall–Kier alpha value is -1.77. The zero-order chi connectivity index (χ0) is 11.7. The van der Waals surface area contributed by atoms with E-state index >= 15 is 0 Å². The first kappa shape index (κ1) is 10.7. The number of fused-ring (bicyclic) bond motifs is 1. The molecule has 0 fully saturated rings. The summed E-state index contributed by atoms with van der Waals surface area (Å²) in [5, 5.41) is 1.07. The highest BCUT2D eigenvalue weighted by Gasteiger charge is 2.09. The molecule has 0 amide bonds. The molecule has 2 aromatic rings. The highest BCUT2D eigenvalue weighted by Crippen LogP contribution is 2.20. The number of carbonyl (C=O) groups is 1. The minimum absolute atomic E-state index is 0.258. The molecule has 0 radical (unpaired) electrons. The van der Waals surface area contributed by atoms with Gasteiger partial charge in [-0.25, -0.2) is 4.79 Å². The van der Waals surface area contributed by atoms with Crippen molar-refractivity contribution >= 4 is 16.9 Å². The maximum atomic E-state index is 11.6. The van der Waals surface area contributed by atoms with Gasteiger partial charge in [0.25, 0.3) is 0 Å². The summed E-state index contributed by atoms with van der Waals surface area (Å²) in [4.78, 5) is 11.6. The Bertz CT molecular complexity index is 540. The third-order valence-corrected chi connectivity index (χ3v) is 2.79. The van der Waals surface area contributed by atoms with Crippen molar-refractivity contribution in [3.8, 4) is 0 Å². The van der Waals surface area contributed by atoms with Crippen molar-refractivity contribution in [3.05, 3.63) is 35.5 Å². The van der Waals surface area contributed by atoms with Crippen LogP contribution in [0.3, 0.4) is 0 Å². The lowest BCUT2D eigenvalue weighted by atomic mass is 10.1. The van der Waals surface area contributed by atoms with E-state index in [4.69, 9.17) is 4.74 Å². The van der Waals surface area contributed by atoms with E-state index in [2.05, 4.69) is 10.6 Å². The molecule has 1 aromatic carbocycles. The lowest BCUT2D eigenvalue weighted by molar-refractivity contribution is 0.0526. The molecule has 0 saturated carbocycles. The summed E-state index contributed by atoms with van der Waals surface area (Å²) < 4.78 is 7.07. The number of nitrogens with zero attached hydrogens (tertiary/aromatic N) is 1. The Morgan fingerprint density at radius 2 is 2.12 bits per heavy atom. The van der Waals surface area contributed by atoms with E-state index in [9.17, 15) is 4.79 Å². The quantitative estimate of drug-likeness (QED) is 0.724. The Morgan fingerprint density at radius 1 is 1.38 bits per heavy atom. The minimum Gasteiger partial charge on any atom is -0.462 e. The molecule has 3 nitrogen and oxygen atoms in total. The summed E-state index contributed by atoms with van der Waals surface area (Å²) in [6, 6.07) is 7.70. The fraction of sp³-hybridized carbons (Fsp3) is 0.308. The molecule has 0 spiro atoms. The van der Waals surface area contributed by atoms with Crippen LogP contribution in [0.5, 0.6) is 0 Å². The highest BCUT2D eigenvalue weighted by molar-refractivity contribution is 5.95. The predicted octanol–water partition coefficient (Wildman–Crippen LogP) is 2.66. The molecule has 0 aliphatic heterocycles. The molecule has 1 heterocycles. The van der Waals surface area contributed by atoms with Crippen LogP contribution in [-0.4, -0.2) is 17.1 Å². The Labute approximate surface area is 94.6 Å². The zero-order valence-corrected chi connectivity index (χ0v) is 9.78. The molecule has 0 bridgehead atoms. The molecule has 0 unspecified atom stereocenters. The fourth-order valence-electron chi connectivity index (χ4n) is 1.83. The average Bonchev–Trinajstić information content (AvgIpc) is 2.55. The molecule has 3 heteroatoms. The van der Waals surface area contributed by atoms with Gasteiger partial charge in [0.15, 0.2) is 0 Å². The van der Waals surface area contributed by atoms with Crippen molar-refractivity contribution in [2.45, 2.75) is 13.8 Å². The number of rotatable bonds is 2. The molecule has 84 valence electrons. The van der Waals surface area contributed by atoms with E-state index in [0.717, 1.165) is 10.9 Å². The Balaban J connectivity index is 2.48. The van der Waals surface area contributed by atoms with E-state index in [1.807, 2.05) is 33.0 Å². The number of aromatic nitrogens is 1. The van der Waals surface area contributed by atoms with Crippen molar-refractivity contribution in [1.29, 1.82) is 0 Å². The van der Waals surface area contributed by atoms with Crippen molar-refractivity contribution in [1.82, 2.24) is 4.57 Å². The maximum absolute atomic E-state index is 11.6. The third-order valence-electron chi connectivity index (χ3n) is 2.79. The SMILES string of the molecule is CCOC(=O)c1ccc2c(c1)cc(C)n2C. The number of carbonyl (C=O) groups excluding carboxylic acids is 1. The number of benzene rings is 1. The summed E-state index contributed by atoms with van der Waals surface area (Å²) in [6.45, 7) is 4.26. The van der Waals surface area contributed by atoms with Gasteiger partial charge >= 0.3 is 5.97 Å². The van der Waals surface area contributed by atoms with Gasteiger partial charge in [-0.3, -0.25) is 0 Å². The van der Waals surface area contributed by atoms with Crippen LogP contribution in [0.1, 0.15) is 23.0 Å². The van der Waals surface area contributed by atoms with E-state index < -0.39 is 0 Å². The van der Waals surface area contributed by atoms with E-state index in [-0.39, 0.29) is 5.97 Å². The zero-order valence-electron chi connectivity index (χ0n) is 9.78. The summed E-state index contributed by atoms with van der Waals surface area (Å²) in [7, 11) is 2.02. The van der Waals surface area contributed by atoms with Gasteiger partial charge in [-0.2, -0.15) is 0 Å². The first-order chi connectivity index (χ1) is 7.63. The molecule has 2 rings (SSSR count). The van der Waals surface area contributed by atoms with Gasteiger partial charge in [0.1, 0.15) is 0 Å². The lowest BCUT2D eigenvalue weighted by Gasteiger charge is -2.02. The molecule has 0 aliphatic rings. The molecule has 0 saturated heterocycles. The van der Waals surface area contributed by atoms with Gasteiger partial charge in [0.2, 0.25) is 0 Å². The molecular weight excluding hydrogens is 202 g/mol. The van der Waals surface area contributed by atoms with Crippen LogP contribution < -0.4 is 0 Å². The summed E-state index contributed by atoms with van der Waals surface area (Å²) >= 11 is 0. The standard InChI is InChI=1S/C13H15NO2/c1-4-16-13(15)10-5-6-12-11(8-10)7-9(2)14(12)3/h5-8H,4H2,1-3H3. The van der Waals surface area contributed by atoms with Gasteiger partial charge in [-0.15, -0.1) is 0 Å². The largest absolute Gasteiger partial charge is 0.462 e. The summed E-state index contributed by atoms with van der Waals surface area (Å²) in [5.74, 6) is -0.258. The highest BCUT2D eigenvalue weighted by atomic mass is 16.5. The molecule has 0 atom stereocenters. The van der Waals surface area contributed by atoms with Crippen LogP contribution >= 0.6 is 0 Å².